The van der Waals surface area contributed by atoms with Crippen molar-refractivity contribution in [3.63, 3.8) is 0 Å². The van der Waals surface area contributed by atoms with Crippen LogP contribution in [0.2, 0.25) is 5.02 Å². The molecule has 2 aromatic rings. The number of hydrogen-bond acceptors (Lipinski definition) is 2. The summed E-state index contributed by atoms with van der Waals surface area (Å²) >= 11 is 5.72. The van der Waals surface area contributed by atoms with Gasteiger partial charge in [-0.1, -0.05) is 29.8 Å². The Balaban J connectivity index is 2.40. The Hall–Kier alpha value is -1.40. The standard InChI is InChI=1S/C12H7ClF3NOS/c13-10-6-8(12(14,15)16)7-17-11(10)19(18)9-4-2-1-3-5-9/h1-7H. The molecule has 1 unspecified atom stereocenters. The molecule has 0 aliphatic carbocycles. The molecule has 2 rings (SSSR count). The fourth-order valence-corrected chi connectivity index (χ4v) is 2.76. The molecule has 0 fully saturated rings. The summed E-state index contributed by atoms with van der Waals surface area (Å²) in [5, 5.41) is -0.349. The van der Waals surface area contributed by atoms with Gasteiger partial charge in [-0.25, -0.2) is 9.19 Å². The summed E-state index contributed by atoms with van der Waals surface area (Å²) in [5.74, 6) is 0. The van der Waals surface area contributed by atoms with Crippen molar-refractivity contribution in [1.82, 2.24) is 4.98 Å². The van der Waals surface area contributed by atoms with Crippen LogP contribution in [0.5, 0.6) is 0 Å². The van der Waals surface area contributed by atoms with Crippen LogP contribution in [-0.2, 0) is 17.0 Å². The first-order valence-corrected chi connectivity index (χ1v) is 6.62. The number of benzene rings is 1. The third-order valence-corrected chi connectivity index (χ3v) is 4.04. The molecule has 1 aromatic heterocycles. The van der Waals surface area contributed by atoms with Crippen molar-refractivity contribution in [2.24, 2.45) is 0 Å². The van der Waals surface area contributed by atoms with Crippen LogP contribution in [0, 0.1) is 0 Å². The van der Waals surface area contributed by atoms with E-state index in [0.717, 1.165) is 6.07 Å². The predicted octanol–water partition coefficient (Wildman–Crippen LogP) is 3.92. The second-order valence-electron chi connectivity index (χ2n) is 3.59. The van der Waals surface area contributed by atoms with Crippen molar-refractivity contribution < 1.29 is 17.4 Å². The Morgan fingerprint density at radius 2 is 1.79 bits per heavy atom. The van der Waals surface area contributed by atoms with Gasteiger partial charge < -0.3 is 0 Å². The molecule has 0 bridgehead atoms. The van der Waals surface area contributed by atoms with E-state index in [2.05, 4.69) is 4.98 Å². The number of rotatable bonds is 2. The molecule has 0 radical (unpaired) electrons. The largest absolute Gasteiger partial charge is 0.417 e. The maximum absolute atomic E-state index is 12.4. The first kappa shape index (κ1) is 14.0. The van der Waals surface area contributed by atoms with Gasteiger partial charge in [-0.2, -0.15) is 13.2 Å². The van der Waals surface area contributed by atoms with Gasteiger partial charge in [0.25, 0.3) is 0 Å². The second kappa shape index (κ2) is 5.30. The van der Waals surface area contributed by atoms with Gasteiger partial charge in [-0.15, -0.1) is 0 Å². The van der Waals surface area contributed by atoms with Crippen LogP contribution in [-0.4, -0.2) is 9.19 Å². The minimum atomic E-state index is -4.52. The number of pyridine rings is 1. The summed E-state index contributed by atoms with van der Waals surface area (Å²) in [6, 6.07) is 8.99. The minimum Gasteiger partial charge on any atom is -0.247 e. The fraction of sp³-hybridized carbons (Fsp3) is 0.0833. The molecule has 0 saturated heterocycles. The monoisotopic (exact) mass is 305 g/mol. The highest BCUT2D eigenvalue weighted by atomic mass is 35.5. The molecule has 1 heterocycles. The number of nitrogens with zero attached hydrogens (tertiary/aromatic N) is 1. The highest BCUT2D eigenvalue weighted by Crippen LogP contribution is 2.32. The van der Waals surface area contributed by atoms with E-state index < -0.39 is 22.5 Å². The van der Waals surface area contributed by atoms with Crippen molar-refractivity contribution in [1.29, 1.82) is 0 Å². The molecule has 1 atom stereocenters. The average molecular weight is 306 g/mol. The van der Waals surface area contributed by atoms with Gasteiger partial charge in [0.05, 0.1) is 10.6 Å². The quantitative estimate of drug-likeness (QED) is 0.841. The van der Waals surface area contributed by atoms with E-state index >= 15 is 0 Å². The van der Waals surface area contributed by atoms with E-state index in [0.29, 0.717) is 11.1 Å². The van der Waals surface area contributed by atoms with Crippen LogP contribution < -0.4 is 0 Å². The van der Waals surface area contributed by atoms with Crippen LogP contribution in [0.25, 0.3) is 0 Å². The Labute approximate surface area is 114 Å². The topological polar surface area (TPSA) is 30.0 Å². The van der Waals surface area contributed by atoms with Crippen molar-refractivity contribution in [3.8, 4) is 0 Å². The smallest absolute Gasteiger partial charge is 0.247 e. The molecular weight excluding hydrogens is 299 g/mol. The SMILES string of the molecule is O=S(c1ccccc1)c1ncc(C(F)(F)F)cc1Cl. The van der Waals surface area contributed by atoms with E-state index in [4.69, 9.17) is 11.6 Å². The number of aromatic nitrogens is 1. The molecular formula is C12H7ClF3NOS. The van der Waals surface area contributed by atoms with E-state index in [9.17, 15) is 17.4 Å². The van der Waals surface area contributed by atoms with Crippen molar-refractivity contribution >= 4 is 22.4 Å². The zero-order chi connectivity index (χ0) is 14.0. The van der Waals surface area contributed by atoms with Crippen LogP contribution in [0.15, 0.2) is 52.5 Å². The van der Waals surface area contributed by atoms with Crippen LogP contribution in [0.1, 0.15) is 5.56 Å². The zero-order valence-electron chi connectivity index (χ0n) is 9.32. The predicted molar refractivity (Wildman–Crippen MR) is 65.4 cm³/mol. The van der Waals surface area contributed by atoms with E-state index in [1.165, 1.54) is 0 Å². The van der Waals surface area contributed by atoms with Gasteiger partial charge in [0.15, 0.2) is 5.03 Å². The Bertz CT molecular complexity index is 616. The van der Waals surface area contributed by atoms with Gasteiger partial charge in [-0.3, -0.25) is 0 Å². The lowest BCUT2D eigenvalue weighted by atomic mass is 10.3. The molecule has 0 spiro atoms. The van der Waals surface area contributed by atoms with Crippen molar-refractivity contribution in [3.05, 3.63) is 53.2 Å². The zero-order valence-corrected chi connectivity index (χ0v) is 10.9. The average Bonchev–Trinajstić information content (AvgIpc) is 2.38. The summed E-state index contributed by atoms with van der Waals surface area (Å²) in [6.07, 6.45) is -3.90. The Kier molecular flexibility index (Phi) is 3.91. The summed E-state index contributed by atoms with van der Waals surface area (Å²) in [7, 11) is -1.70. The van der Waals surface area contributed by atoms with E-state index in [1.807, 2.05) is 0 Å². The molecule has 100 valence electrons. The maximum Gasteiger partial charge on any atom is 0.417 e. The highest BCUT2D eigenvalue weighted by molar-refractivity contribution is 7.85. The van der Waals surface area contributed by atoms with Crippen molar-refractivity contribution in [2.45, 2.75) is 16.1 Å². The highest BCUT2D eigenvalue weighted by Gasteiger charge is 2.32. The molecule has 0 N–H and O–H groups in total. The van der Waals surface area contributed by atoms with Crippen LogP contribution in [0.3, 0.4) is 0 Å². The summed E-state index contributed by atoms with van der Waals surface area (Å²) in [6.45, 7) is 0. The molecule has 0 aliphatic rings. The van der Waals surface area contributed by atoms with Crippen LogP contribution >= 0.6 is 11.6 Å². The number of halogens is 4. The third kappa shape index (κ3) is 3.13. The minimum absolute atomic E-state index is 0.0825. The normalized spacial score (nSPS) is 13.3. The Morgan fingerprint density at radius 1 is 1.16 bits per heavy atom. The molecule has 0 saturated carbocycles. The summed E-state index contributed by atoms with van der Waals surface area (Å²) in [4.78, 5) is 4.00. The molecule has 1 aromatic carbocycles. The van der Waals surface area contributed by atoms with Crippen LogP contribution in [0.4, 0.5) is 13.2 Å². The van der Waals surface area contributed by atoms with Gasteiger partial charge in [0.2, 0.25) is 0 Å². The van der Waals surface area contributed by atoms with E-state index in [-0.39, 0.29) is 10.0 Å². The van der Waals surface area contributed by atoms with Gasteiger partial charge >= 0.3 is 6.18 Å². The van der Waals surface area contributed by atoms with Gasteiger partial charge in [0.1, 0.15) is 10.8 Å². The first-order chi connectivity index (χ1) is 8.89. The Morgan fingerprint density at radius 3 is 2.32 bits per heavy atom. The number of alkyl halides is 3. The molecule has 19 heavy (non-hydrogen) atoms. The fourth-order valence-electron chi connectivity index (χ4n) is 1.37. The first-order valence-electron chi connectivity index (χ1n) is 5.09. The molecule has 7 heteroatoms. The number of hydrogen-bond donors (Lipinski definition) is 0. The van der Waals surface area contributed by atoms with Gasteiger partial charge in [-0.05, 0) is 18.2 Å². The lowest BCUT2D eigenvalue weighted by molar-refractivity contribution is -0.137. The molecule has 0 amide bonds. The maximum atomic E-state index is 12.4. The molecule has 0 aliphatic heterocycles. The van der Waals surface area contributed by atoms with E-state index in [1.54, 1.807) is 30.3 Å². The lowest BCUT2D eigenvalue weighted by Gasteiger charge is -2.08. The summed E-state index contributed by atoms with van der Waals surface area (Å²) in [5.41, 5.74) is -0.966. The second-order valence-corrected chi connectivity index (χ2v) is 5.39. The lowest BCUT2D eigenvalue weighted by Crippen LogP contribution is -2.07. The van der Waals surface area contributed by atoms with Gasteiger partial charge in [0, 0.05) is 11.1 Å². The van der Waals surface area contributed by atoms with Crippen molar-refractivity contribution in [2.75, 3.05) is 0 Å². The molecule has 2 nitrogen and oxygen atoms in total. The third-order valence-electron chi connectivity index (χ3n) is 2.27. The summed E-state index contributed by atoms with van der Waals surface area (Å²) < 4.78 is 49.5.